The Labute approximate surface area is 148 Å². The minimum atomic E-state index is -0.476. The standard InChI is InChI=1S/C18H25N5O2/c1-5-6-11-19-16-15(23(24)25)12-20-17(22-16)21-14-9-7-13(8-10-14)18(2,3)4/h7-10,12H,5-6,11H2,1-4H3,(H2,19,20,21,22). The first kappa shape index (κ1) is 18.6. The molecule has 25 heavy (non-hydrogen) atoms. The lowest BCUT2D eigenvalue weighted by Gasteiger charge is -2.19. The van der Waals surface area contributed by atoms with Crippen LogP contribution in [0.5, 0.6) is 0 Å². The summed E-state index contributed by atoms with van der Waals surface area (Å²) < 4.78 is 0. The van der Waals surface area contributed by atoms with Gasteiger partial charge in [0, 0.05) is 12.2 Å². The van der Waals surface area contributed by atoms with Crippen molar-refractivity contribution in [2.24, 2.45) is 0 Å². The van der Waals surface area contributed by atoms with Crippen LogP contribution in [0.4, 0.5) is 23.1 Å². The largest absolute Gasteiger partial charge is 0.364 e. The van der Waals surface area contributed by atoms with Gasteiger partial charge in [-0.05, 0) is 29.5 Å². The SMILES string of the molecule is CCCCNc1nc(Nc2ccc(C(C)(C)C)cc2)ncc1[N+](=O)[O-]. The van der Waals surface area contributed by atoms with Crippen molar-refractivity contribution in [2.45, 2.75) is 46.0 Å². The molecule has 1 aromatic heterocycles. The fraction of sp³-hybridized carbons (Fsp3) is 0.444. The Morgan fingerprint density at radius 2 is 1.88 bits per heavy atom. The van der Waals surface area contributed by atoms with Gasteiger partial charge in [-0.2, -0.15) is 4.98 Å². The Kier molecular flexibility index (Phi) is 5.90. The van der Waals surface area contributed by atoms with Crippen molar-refractivity contribution in [3.8, 4) is 0 Å². The molecule has 2 aromatic rings. The van der Waals surface area contributed by atoms with Gasteiger partial charge < -0.3 is 10.6 Å². The molecule has 0 saturated heterocycles. The van der Waals surface area contributed by atoms with Crippen molar-refractivity contribution in [1.82, 2.24) is 9.97 Å². The van der Waals surface area contributed by atoms with Crippen molar-refractivity contribution in [1.29, 1.82) is 0 Å². The number of nitrogens with zero attached hydrogens (tertiary/aromatic N) is 3. The Balaban J connectivity index is 2.18. The molecule has 2 N–H and O–H groups in total. The van der Waals surface area contributed by atoms with Gasteiger partial charge in [0.05, 0.1) is 4.92 Å². The average molecular weight is 343 g/mol. The number of nitrogens with one attached hydrogen (secondary N) is 2. The maximum atomic E-state index is 11.1. The van der Waals surface area contributed by atoms with E-state index in [4.69, 9.17) is 0 Å². The van der Waals surface area contributed by atoms with Crippen LogP contribution in [0.25, 0.3) is 0 Å². The highest BCUT2D eigenvalue weighted by Crippen LogP contribution is 2.26. The van der Waals surface area contributed by atoms with Gasteiger partial charge in [-0.1, -0.05) is 46.2 Å². The molecule has 0 atom stereocenters. The van der Waals surface area contributed by atoms with Crippen LogP contribution in [0.1, 0.15) is 46.1 Å². The van der Waals surface area contributed by atoms with Gasteiger partial charge in [0.25, 0.3) is 0 Å². The van der Waals surface area contributed by atoms with Crippen molar-refractivity contribution in [2.75, 3.05) is 17.2 Å². The maximum absolute atomic E-state index is 11.1. The monoisotopic (exact) mass is 343 g/mol. The molecule has 0 spiro atoms. The molecule has 0 saturated carbocycles. The van der Waals surface area contributed by atoms with E-state index in [0.717, 1.165) is 18.5 Å². The quantitative estimate of drug-likeness (QED) is 0.432. The molecule has 1 heterocycles. The Morgan fingerprint density at radius 3 is 2.44 bits per heavy atom. The second kappa shape index (κ2) is 7.92. The third-order valence-corrected chi connectivity index (χ3v) is 3.80. The first-order valence-electron chi connectivity index (χ1n) is 8.44. The van der Waals surface area contributed by atoms with Crippen molar-refractivity contribution in [3.05, 3.63) is 46.1 Å². The lowest BCUT2D eigenvalue weighted by Crippen LogP contribution is -2.11. The van der Waals surface area contributed by atoms with Crippen molar-refractivity contribution in [3.63, 3.8) is 0 Å². The summed E-state index contributed by atoms with van der Waals surface area (Å²) in [4.78, 5) is 19.0. The van der Waals surface area contributed by atoms with Crippen LogP contribution >= 0.6 is 0 Å². The Bertz CT molecular complexity index is 723. The third-order valence-electron chi connectivity index (χ3n) is 3.80. The molecule has 0 amide bonds. The molecule has 7 heteroatoms. The fourth-order valence-corrected chi connectivity index (χ4v) is 2.27. The molecule has 7 nitrogen and oxygen atoms in total. The van der Waals surface area contributed by atoms with Crippen LogP contribution in [0, 0.1) is 10.1 Å². The van der Waals surface area contributed by atoms with E-state index in [1.807, 2.05) is 24.3 Å². The Hall–Kier alpha value is -2.70. The zero-order valence-corrected chi connectivity index (χ0v) is 15.2. The van der Waals surface area contributed by atoms with E-state index in [9.17, 15) is 10.1 Å². The minimum Gasteiger partial charge on any atom is -0.364 e. The van der Waals surface area contributed by atoms with E-state index in [-0.39, 0.29) is 16.9 Å². The summed E-state index contributed by atoms with van der Waals surface area (Å²) in [6, 6.07) is 8.01. The van der Waals surface area contributed by atoms with E-state index in [2.05, 4.69) is 48.3 Å². The number of hydrogen-bond donors (Lipinski definition) is 2. The molecule has 2 rings (SSSR count). The highest BCUT2D eigenvalue weighted by Gasteiger charge is 2.17. The first-order valence-corrected chi connectivity index (χ1v) is 8.44. The number of nitro groups is 1. The van der Waals surface area contributed by atoms with Crippen LogP contribution < -0.4 is 10.6 Å². The van der Waals surface area contributed by atoms with E-state index in [1.54, 1.807) is 0 Å². The topological polar surface area (TPSA) is 93.0 Å². The van der Waals surface area contributed by atoms with Gasteiger partial charge in [0.1, 0.15) is 6.20 Å². The van der Waals surface area contributed by atoms with Gasteiger partial charge in [-0.25, -0.2) is 4.98 Å². The zero-order valence-electron chi connectivity index (χ0n) is 15.2. The average Bonchev–Trinajstić information content (AvgIpc) is 2.55. The fourth-order valence-electron chi connectivity index (χ4n) is 2.27. The molecular weight excluding hydrogens is 318 g/mol. The molecule has 0 aliphatic carbocycles. The van der Waals surface area contributed by atoms with E-state index >= 15 is 0 Å². The zero-order chi connectivity index (χ0) is 18.4. The number of rotatable bonds is 7. The van der Waals surface area contributed by atoms with Crippen LogP contribution in [-0.2, 0) is 5.41 Å². The number of benzene rings is 1. The summed E-state index contributed by atoms with van der Waals surface area (Å²) in [5, 5.41) is 17.2. The number of aromatic nitrogens is 2. The lowest BCUT2D eigenvalue weighted by atomic mass is 9.87. The summed E-state index contributed by atoms with van der Waals surface area (Å²) in [5.41, 5.74) is 2.02. The predicted molar refractivity (Wildman–Crippen MR) is 101 cm³/mol. The van der Waals surface area contributed by atoms with Crippen LogP contribution in [0.3, 0.4) is 0 Å². The second-order valence-electron chi connectivity index (χ2n) is 6.92. The van der Waals surface area contributed by atoms with Crippen molar-refractivity contribution >= 4 is 23.1 Å². The number of anilines is 3. The Morgan fingerprint density at radius 1 is 1.20 bits per heavy atom. The van der Waals surface area contributed by atoms with Gasteiger partial charge in [-0.3, -0.25) is 10.1 Å². The lowest BCUT2D eigenvalue weighted by molar-refractivity contribution is -0.384. The highest BCUT2D eigenvalue weighted by atomic mass is 16.6. The molecule has 0 bridgehead atoms. The molecule has 0 radical (unpaired) electrons. The van der Waals surface area contributed by atoms with E-state index in [1.165, 1.54) is 11.8 Å². The van der Waals surface area contributed by atoms with Gasteiger partial charge in [-0.15, -0.1) is 0 Å². The molecule has 0 unspecified atom stereocenters. The number of unbranched alkanes of at least 4 members (excludes halogenated alkanes) is 1. The molecule has 134 valence electrons. The molecule has 1 aromatic carbocycles. The summed E-state index contributed by atoms with van der Waals surface area (Å²) in [6.45, 7) is 9.16. The highest BCUT2D eigenvalue weighted by molar-refractivity contribution is 5.61. The van der Waals surface area contributed by atoms with Crippen LogP contribution in [-0.4, -0.2) is 21.4 Å². The van der Waals surface area contributed by atoms with Crippen LogP contribution in [0.15, 0.2) is 30.5 Å². The maximum Gasteiger partial charge on any atom is 0.329 e. The van der Waals surface area contributed by atoms with Crippen molar-refractivity contribution < 1.29 is 4.92 Å². The van der Waals surface area contributed by atoms with Gasteiger partial charge in [0.15, 0.2) is 0 Å². The second-order valence-corrected chi connectivity index (χ2v) is 6.92. The van der Waals surface area contributed by atoms with Crippen LogP contribution in [0.2, 0.25) is 0 Å². The molecule has 0 fully saturated rings. The predicted octanol–water partition coefficient (Wildman–Crippen LogP) is 4.64. The summed E-state index contributed by atoms with van der Waals surface area (Å²) >= 11 is 0. The van der Waals surface area contributed by atoms with E-state index < -0.39 is 4.92 Å². The summed E-state index contributed by atoms with van der Waals surface area (Å²) in [5.74, 6) is 0.565. The van der Waals surface area contributed by atoms with Gasteiger partial charge in [0.2, 0.25) is 11.8 Å². The summed E-state index contributed by atoms with van der Waals surface area (Å²) in [7, 11) is 0. The number of hydrogen-bond acceptors (Lipinski definition) is 6. The van der Waals surface area contributed by atoms with E-state index in [0.29, 0.717) is 12.5 Å². The normalized spacial score (nSPS) is 11.2. The smallest absolute Gasteiger partial charge is 0.329 e. The third kappa shape index (κ3) is 5.14. The minimum absolute atomic E-state index is 0.0821. The first-order chi connectivity index (χ1) is 11.8. The molecule has 0 aliphatic heterocycles. The molecule has 0 aliphatic rings. The molecular formula is C18H25N5O2. The van der Waals surface area contributed by atoms with Gasteiger partial charge >= 0.3 is 5.69 Å². The summed E-state index contributed by atoms with van der Waals surface area (Å²) in [6.07, 6.45) is 3.14.